The number of benzene rings is 1. The highest BCUT2D eigenvalue weighted by Gasteiger charge is 2.22. The monoisotopic (exact) mass is 337 g/mol. The van der Waals surface area contributed by atoms with Crippen LogP contribution in [0.3, 0.4) is 0 Å². The molecule has 1 aromatic carbocycles. The Bertz CT molecular complexity index is 967. The molecule has 7 nitrogen and oxygen atoms in total. The fourth-order valence-electron chi connectivity index (χ4n) is 3.10. The van der Waals surface area contributed by atoms with Gasteiger partial charge in [-0.2, -0.15) is 0 Å². The number of para-hydroxylation sites is 1. The maximum absolute atomic E-state index is 4.76. The summed E-state index contributed by atoms with van der Waals surface area (Å²) in [6.45, 7) is 3.67. The van der Waals surface area contributed by atoms with Crippen molar-refractivity contribution in [2.24, 2.45) is 0 Å². The lowest BCUT2D eigenvalue weighted by Crippen LogP contribution is -2.46. The number of thiazole rings is 1. The minimum Gasteiger partial charge on any atom is -0.351 e. The van der Waals surface area contributed by atoms with Gasteiger partial charge in [0.15, 0.2) is 16.6 Å². The lowest BCUT2D eigenvalue weighted by Gasteiger charge is -2.35. The quantitative estimate of drug-likeness (QED) is 0.605. The number of aromatic amines is 1. The predicted molar refractivity (Wildman–Crippen MR) is 95.7 cm³/mol. The molecular weight excluding hydrogens is 322 g/mol. The smallest absolute Gasteiger partial charge is 0.186 e. The first kappa shape index (κ1) is 13.7. The molecule has 3 aromatic heterocycles. The minimum absolute atomic E-state index is 0.716. The van der Waals surface area contributed by atoms with Crippen LogP contribution >= 0.6 is 11.3 Å². The zero-order valence-electron chi connectivity index (χ0n) is 12.9. The van der Waals surface area contributed by atoms with Crippen molar-refractivity contribution in [3.63, 3.8) is 0 Å². The first-order valence-electron chi connectivity index (χ1n) is 7.88. The Kier molecular flexibility index (Phi) is 3.08. The van der Waals surface area contributed by atoms with Gasteiger partial charge in [0.25, 0.3) is 0 Å². The van der Waals surface area contributed by atoms with Crippen LogP contribution in [0.5, 0.6) is 0 Å². The first-order chi connectivity index (χ1) is 11.9. The fourth-order valence-corrected chi connectivity index (χ4v) is 4.11. The van der Waals surface area contributed by atoms with E-state index in [9.17, 15) is 0 Å². The molecule has 1 aliphatic rings. The normalized spacial score (nSPS) is 15.5. The lowest BCUT2D eigenvalue weighted by atomic mass is 10.3. The predicted octanol–water partition coefficient (Wildman–Crippen LogP) is 2.29. The van der Waals surface area contributed by atoms with Gasteiger partial charge in [0.2, 0.25) is 0 Å². The van der Waals surface area contributed by atoms with E-state index in [-0.39, 0.29) is 0 Å². The van der Waals surface area contributed by atoms with E-state index in [4.69, 9.17) is 4.98 Å². The van der Waals surface area contributed by atoms with Gasteiger partial charge in [-0.3, -0.25) is 0 Å². The van der Waals surface area contributed by atoms with Crippen LogP contribution in [-0.2, 0) is 0 Å². The van der Waals surface area contributed by atoms with Crippen molar-refractivity contribution in [1.82, 2.24) is 24.9 Å². The summed E-state index contributed by atoms with van der Waals surface area (Å²) in [5, 5.41) is 1.10. The van der Waals surface area contributed by atoms with Crippen LogP contribution in [0.4, 0.5) is 10.9 Å². The number of aromatic nitrogens is 5. The number of nitrogens with zero attached hydrogens (tertiary/aromatic N) is 6. The van der Waals surface area contributed by atoms with Gasteiger partial charge in [-0.25, -0.2) is 19.9 Å². The number of hydrogen-bond acceptors (Lipinski definition) is 7. The Labute approximate surface area is 142 Å². The molecule has 0 aliphatic carbocycles. The van der Waals surface area contributed by atoms with Crippen LogP contribution in [0.2, 0.25) is 0 Å². The Morgan fingerprint density at radius 3 is 2.67 bits per heavy atom. The zero-order valence-corrected chi connectivity index (χ0v) is 13.7. The van der Waals surface area contributed by atoms with Gasteiger partial charge in [0.05, 0.1) is 16.5 Å². The van der Waals surface area contributed by atoms with Gasteiger partial charge >= 0.3 is 0 Å². The summed E-state index contributed by atoms with van der Waals surface area (Å²) in [6, 6.07) is 8.30. The second kappa shape index (κ2) is 5.41. The Hall–Kier alpha value is -2.74. The third-order valence-electron chi connectivity index (χ3n) is 4.34. The zero-order chi connectivity index (χ0) is 15.9. The van der Waals surface area contributed by atoms with Crippen LogP contribution in [-0.4, -0.2) is 51.1 Å². The number of nitrogens with one attached hydrogen (secondary N) is 1. The first-order valence-corrected chi connectivity index (χ1v) is 8.70. The summed E-state index contributed by atoms with van der Waals surface area (Å²) in [5.74, 6) is 0.932. The standard InChI is InChI=1S/C16H15N7S/c1-2-4-12-11(3-1)21-16(24-12)23-7-5-22(6-8-23)15-13-14(18-9-17-13)19-10-20-15/h1-4,9-10H,5-8H2,(H,17,18,19,20). The lowest BCUT2D eigenvalue weighted by molar-refractivity contribution is 0.647. The molecule has 0 unspecified atom stereocenters. The van der Waals surface area contributed by atoms with Crippen molar-refractivity contribution < 1.29 is 0 Å². The molecule has 4 heterocycles. The minimum atomic E-state index is 0.716. The second-order valence-electron chi connectivity index (χ2n) is 5.74. The maximum atomic E-state index is 4.76. The van der Waals surface area contributed by atoms with E-state index in [1.807, 2.05) is 6.07 Å². The van der Waals surface area contributed by atoms with E-state index in [1.165, 1.54) is 4.70 Å². The topological polar surface area (TPSA) is 73.8 Å². The number of anilines is 2. The molecule has 1 saturated heterocycles. The average Bonchev–Trinajstić information content (AvgIpc) is 3.28. The van der Waals surface area contributed by atoms with Crippen LogP contribution in [0, 0.1) is 0 Å². The van der Waals surface area contributed by atoms with Crippen LogP contribution in [0.1, 0.15) is 0 Å². The summed E-state index contributed by atoms with van der Waals surface area (Å²) in [6.07, 6.45) is 3.25. The maximum Gasteiger partial charge on any atom is 0.186 e. The number of H-pyrrole nitrogens is 1. The van der Waals surface area contributed by atoms with Crippen molar-refractivity contribution in [1.29, 1.82) is 0 Å². The highest BCUT2D eigenvalue weighted by Crippen LogP contribution is 2.30. The highest BCUT2D eigenvalue weighted by molar-refractivity contribution is 7.22. The Balaban J connectivity index is 1.38. The number of rotatable bonds is 2. The van der Waals surface area contributed by atoms with Gasteiger partial charge in [-0.1, -0.05) is 23.5 Å². The van der Waals surface area contributed by atoms with E-state index in [1.54, 1.807) is 24.0 Å². The molecule has 1 fully saturated rings. The third-order valence-corrected chi connectivity index (χ3v) is 5.43. The molecule has 24 heavy (non-hydrogen) atoms. The van der Waals surface area contributed by atoms with Crippen molar-refractivity contribution >= 4 is 43.7 Å². The molecule has 0 radical (unpaired) electrons. The number of imidazole rings is 1. The third kappa shape index (κ3) is 2.18. The average molecular weight is 337 g/mol. The van der Waals surface area contributed by atoms with E-state index in [0.717, 1.165) is 48.2 Å². The van der Waals surface area contributed by atoms with Gasteiger partial charge in [-0.05, 0) is 12.1 Å². The molecule has 120 valence electrons. The molecule has 5 rings (SSSR count). The molecule has 8 heteroatoms. The summed E-state index contributed by atoms with van der Waals surface area (Å²) in [5.41, 5.74) is 2.70. The Morgan fingerprint density at radius 2 is 1.79 bits per heavy atom. The van der Waals surface area contributed by atoms with Gasteiger partial charge < -0.3 is 14.8 Å². The van der Waals surface area contributed by atoms with Gasteiger partial charge in [0.1, 0.15) is 11.8 Å². The molecule has 0 spiro atoms. The molecule has 0 saturated carbocycles. The summed E-state index contributed by atoms with van der Waals surface area (Å²) in [7, 11) is 0. The molecule has 0 atom stereocenters. The Morgan fingerprint density at radius 1 is 0.958 bits per heavy atom. The molecule has 4 aromatic rings. The van der Waals surface area contributed by atoms with Crippen molar-refractivity contribution in [3.05, 3.63) is 36.9 Å². The van der Waals surface area contributed by atoms with Crippen molar-refractivity contribution in [3.8, 4) is 0 Å². The van der Waals surface area contributed by atoms with Crippen LogP contribution in [0.25, 0.3) is 21.4 Å². The molecule has 1 N–H and O–H groups in total. The summed E-state index contributed by atoms with van der Waals surface area (Å²) < 4.78 is 1.24. The van der Waals surface area contributed by atoms with Gasteiger partial charge in [-0.15, -0.1) is 0 Å². The largest absolute Gasteiger partial charge is 0.351 e. The molecular formula is C16H15N7S. The fraction of sp³-hybridized carbons (Fsp3) is 0.250. The van der Waals surface area contributed by atoms with Crippen LogP contribution < -0.4 is 9.80 Å². The number of piperazine rings is 1. The number of hydrogen-bond donors (Lipinski definition) is 1. The number of fused-ring (bicyclic) bond motifs is 2. The van der Waals surface area contributed by atoms with E-state index in [0.29, 0.717) is 5.65 Å². The summed E-state index contributed by atoms with van der Waals surface area (Å²) >= 11 is 1.76. The van der Waals surface area contributed by atoms with E-state index >= 15 is 0 Å². The molecule has 1 aliphatic heterocycles. The van der Waals surface area contributed by atoms with Crippen molar-refractivity contribution in [2.75, 3.05) is 36.0 Å². The van der Waals surface area contributed by atoms with Crippen molar-refractivity contribution in [2.45, 2.75) is 0 Å². The SMILES string of the molecule is c1ccc2sc(N3CCN(c4ncnc5nc[nH]c45)CC3)nc2c1. The molecule has 0 amide bonds. The molecule has 0 bridgehead atoms. The highest BCUT2D eigenvalue weighted by atomic mass is 32.1. The summed E-state index contributed by atoms with van der Waals surface area (Å²) in [4.78, 5) is 25.4. The van der Waals surface area contributed by atoms with E-state index < -0.39 is 0 Å². The van der Waals surface area contributed by atoms with Crippen LogP contribution in [0.15, 0.2) is 36.9 Å². The van der Waals surface area contributed by atoms with E-state index in [2.05, 4.69) is 47.9 Å². The second-order valence-corrected chi connectivity index (χ2v) is 6.75. The van der Waals surface area contributed by atoms with Gasteiger partial charge in [0, 0.05) is 26.2 Å².